The standard InChI is InChI=1S/C28H28N6/c1-23(18-34-21-29-20-32-34)30-17-27-19-33(22-31-27)28(24-11-5-2-6-12-24,25-13-7-3-8-14-25)26-15-9-4-10-16-26/h2-16,19-23,30H,17-18H2,1H3. The van der Waals surface area contributed by atoms with E-state index in [1.807, 2.05) is 11.0 Å². The predicted molar refractivity (Wildman–Crippen MR) is 133 cm³/mol. The van der Waals surface area contributed by atoms with Gasteiger partial charge in [-0.15, -0.1) is 0 Å². The van der Waals surface area contributed by atoms with Crippen LogP contribution in [0, 0.1) is 0 Å². The normalized spacial score (nSPS) is 12.5. The zero-order valence-electron chi connectivity index (χ0n) is 19.2. The molecule has 0 bridgehead atoms. The third-order valence-corrected chi connectivity index (χ3v) is 6.16. The molecule has 1 atom stereocenters. The summed E-state index contributed by atoms with van der Waals surface area (Å²) < 4.78 is 4.08. The molecule has 0 saturated carbocycles. The number of benzene rings is 3. The Labute approximate surface area is 200 Å². The molecule has 0 aliphatic rings. The monoisotopic (exact) mass is 448 g/mol. The number of hydrogen-bond donors (Lipinski definition) is 1. The van der Waals surface area contributed by atoms with Crippen molar-refractivity contribution in [2.45, 2.75) is 31.6 Å². The van der Waals surface area contributed by atoms with Gasteiger partial charge in [-0.2, -0.15) is 5.10 Å². The van der Waals surface area contributed by atoms with Crippen molar-refractivity contribution in [2.24, 2.45) is 0 Å². The molecular formula is C28H28N6. The molecule has 2 heterocycles. The second-order valence-electron chi connectivity index (χ2n) is 8.48. The van der Waals surface area contributed by atoms with Crippen molar-refractivity contribution in [3.8, 4) is 0 Å². The minimum absolute atomic E-state index is 0.231. The molecule has 1 unspecified atom stereocenters. The average Bonchev–Trinajstić information content (AvgIpc) is 3.58. The second-order valence-corrected chi connectivity index (χ2v) is 8.48. The Bertz CT molecular complexity index is 1180. The number of rotatable bonds is 9. The smallest absolute Gasteiger partial charge is 0.137 e. The van der Waals surface area contributed by atoms with Crippen molar-refractivity contribution in [2.75, 3.05) is 0 Å². The molecule has 0 radical (unpaired) electrons. The van der Waals surface area contributed by atoms with E-state index < -0.39 is 5.54 Å². The van der Waals surface area contributed by atoms with Crippen LogP contribution in [0.1, 0.15) is 29.3 Å². The first-order chi connectivity index (χ1) is 16.8. The van der Waals surface area contributed by atoms with E-state index in [-0.39, 0.29) is 6.04 Å². The fourth-order valence-corrected chi connectivity index (χ4v) is 4.57. The Morgan fingerprint density at radius 1 is 0.794 bits per heavy atom. The summed E-state index contributed by atoms with van der Waals surface area (Å²) in [5.41, 5.74) is 4.00. The Hall–Kier alpha value is -4.03. The molecule has 5 rings (SSSR count). The van der Waals surface area contributed by atoms with E-state index in [1.54, 1.807) is 12.7 Å². The van der Waals surface area contributed by atoms with Gasteiger partial charge in [-0.25, -0.2) is 9.97 Å². The van der Waals surface area contributed by atoms with Crippen LogP contribution >= 0.6 is 0 Å². The minimum atomic E-state index is -0.540. The fourth-order valence-electron chi connectivity index (χ4n) is 4.57. The zero-order chi connectivity index (χ0) is 23.2. The topological polar surface area (TPSA) is 60.6 Å². The van der Waals surface area contributed by atoms with Crippen LogP contribution in [0.4, 0.5) is 0 Å². The lowest BCUT2D eigenvalue weighted by Crippen LogP contribution is -2.37. The van der Waals surface area contributed by atoms with Crippen LogP contribution in [0.25, 0.3) is 0 Å². The highest BCUT2D eigenvalue weighted by atomic mass is 15.3. The van der Waals surface area contributed by atoms with E-state index in [4.69, 9.17) is 4.98 Å². The third kappa shape index (κ3) is 4.28. The molecular weight excluding hydrogens is 420 g/mol. The zero-order valence-corrected chi connectivity index (χ0v) is 19.2. The molecule has 0 fully saturated rings. The summed E-state index contributed by atoms with van der Waals surface area (Å²) in [6, 6.07) is 32.2. The molecule has 1 N–H and O–H groups in total. The Morgan fingerprint density at radius 3 is 1.85 bits per heavy atom. The predicted octanol–water partition coefficient (Wildman–Crippen LogP) is 4.49. The van der Waals surface area contributed by atoms with E-state index in [0.29, 0.717) is 6.54 Å². The number of hydrogen-bond acceptors (Lipinski definition) is 4. The molecule has 34 heavy (non-hydrogen) atoms. The van der Waals surface area contributed by atoms with E-state index in [0.717, 1.165) is 12.2 Å². The molecule has 6 heteroatoms. The lowest BCUT2D eigenvalue weighted by Gasteiger charge is -2.37. The van der Waals surface area contributed by atoms with Gasteiger partial charge >= 0.3 is 0 Å². The first-order valence-electron chi connectivity index (χ1n) is 11.5. The van der Waals surface area contributed by atoms with Crippen LogP contribution in [0.5, 0.6) is 0 Å². The van der Waals surface area contributed by atoms with Gasteiger partial charge in [0.1, 0.15) is 18.2 Å². The minimum Gasteiger partial charge on any atom is -0.319 e. The lowest BCUT2D eigenvalue weighted by molar-refractivity contribution is 0.447. The number of nitrogens with one attached hydrogen (secondary N) is 1. The summed E-state index contributed by atoms with van der Waals surface area (Å²) >= 11 is 0. The summed E-state index contributed by atoms with van der Waals surface area (Å²) in [5, 5.41) is 7.75. The first kappa shape index (κ1) is 21.8. The van der Waals surface area contributed by atoms with Gasteiger partial charge in [0, 0.05) is 18.8 Å². The highest BCUT2D eigenvalue weighted by Gasteiger charge is 2.38. The molecule has 6 nitrogen and oxygen atoms in total. The number of nitrogens with zero attached hydrogens (tertiary/aromatic N) is 5. The summed E-state index contributed by atoms with van der Waals surface area (Å²) in [6.07, 6.45) is 7.40. The van der Waals surface area contributed by atoms with Crippen molar-refractivity contribution >= 4 is 0 Å². The summed E-state index contributed by atoms with van der Waals surface area (Å²) in [6.45, 7) is 3.56. The van der Waals surface area contributed by atoms with Gasteiger partial charge in [-0.1, -0.05) is 91.0 Å². The maximum absolute atomic E-state index is 4.79. The number of aromatic nitrogens is 5. The van der Waals surface area contributed by atoms with Gasteiger partial charge in [0.15, 0.2) is 0 Å². The fraction of sp³-hybridized carbons (Fsp3) is 0.179. The maximum atomic E-state index is 4.79. The second kappa shape index (κ2) is 9.85. The van der Waals surface area contributed by atoms with Gasteiger partial charge in [0.2, 0.25) is 0 Å². The van der Waals surface area contributed by atoms with Gasteiger partial charge < -0.3 is 9.88 Å². The Balaban J connectivity index is 1.53. The largest absolute Gasteiger partial charge is 0.319 e. The van der Waals surface area contributed by atoms with Crippen LogP contribution in [0.3, 0.4) is 0 Å². The summed E-state index contributed by atoms with van der Waals surface area (Å²) in [5.74, 6) is 0. The third-order valence-electron chi connectivity index (χ3n) is 6.16. The van der Waals surface area contributed by atoms with Crippen LogP contribution in [0.2, 0.25) is 0 Å². The van der Waals surface area contributed by atoms with Crippen molar-refractivity contribution < 1.29 is 0 Å². The first-order valence-corrected chi connectivity index (χ1v) is 11.5. The summed E-state index contributed by atoms with van der Waals surface area (Å²) in [4.78, 5) is 8.81. The lowest BCUT2D eigenvalue weighted by atomic mass is 9.77. The Kier molecular flexibility index (Phi) is 6.31. The molecule has 0 aliphatic carbocycles. The highest BCUT2D eigenvalue weighted by Crippen LogP contribution is 2.40. The van der Waals surface area contributed by atoms with Crippen LogP contribution in [-0.4, -0.2) is 30.4 Å². The molecule has 5 aromatic rings. The van der Waals surface area contributed by atoms with Crippen LogP contribution in [0.15, 0.2) is 116 Å². The quantitative estimate of drug-likeness (QED) is 0.338. The molecule has 0 saturated heterocycles. The van der Waals surface area contributed by atoms with Gasteiger partial charge in [0.25, 0.3) is 0 Å². The van der Waals surface area contributed by atoms with Gasteiger partial charge in [-0.3, -0.25) is 4.68 Å². The SMILES string of the molecule is CC(Cn1cncn1)NCc1cn(C(c2ccccc2)(c2ccccc2)c2ccccc2)cn1. The molecule has 0 aliphatic heterocycles. The molecule has 3 aromatic carbocycles. The van der Waals surface area contributed by atoms with Crippen molar-refractivity contribution in [1.29, 1.82) is 0 Å². The highest BCUT2D eigenvalue weighted by molar-refractivity contribution is 5.50. The van der Waals surface area contributed by atoms with Crippen molar-refractivity contribution in [3.63, 3.8) is 0 Å². The van der Waals surface area contributed by atoms with Crippen molar-refractivity contribution in [3.05, 3.63) is 139 Å². The maximum Gasteiger partial charge on any atom is 0.137 e. The van der Waals surface area contributed by atoms with Crippen molar-refractivity contribution in [1.82, 2.24) is 29.6 Å². The molecule has 2 aromatic heterocycles. The van der Waals surface area contributed by atoms with E-state index in [9.17, 15) is 0 Å². The van der Waals surface area contributed by atoms with E-state index in [2.05, 4.69) is 124 Å². The van der Waals surface area contributed by atoms with E-state index in [1.165, 1.54) is 16.7 Å². The van der Waals surface area contributed by atoms with Crippen LogP contribution in [-0.2, 0) is 18.6 Å². The molecule has 170 valence electrons. The van der Waals surface area contributed by atoms with E-state index >= 15 is 0 Å². The molecule has 0 spiro atoms. The van der Waals surface area contributed by atoms with Crippen LogP contribution < -0.4 is 5.32 Å². The van der Waals surface area contributed by atoms with Gasteiger partial charge in [-0.05, 0) is 23.6 Å². The molecule has 0 amide bonds. The number of imidazole rings is 1. The average molecular weight is 449 g/mol. The van der Waals surface area contributed by atoms with Gasteiger partial charge in [0.05, 0.1) is 18.6 Å². The summed E-state index contributed by atoms with van der Waals surface area (Å²) in [7, 11) is 0. The Morgan fingerprint density at radius 2 is 1.35 bits per heavy atom.